The number of methoxy groups -OCH3 is 2. The number of hydrogen-bond donors (Lipinski definition) is 1. The maximum atomic E-state index is 14.9. The summed E-state index contributed by atoms with van der Waals surface area (Å²) in [6.45, 7) is 12.2. The van der Waals surface area contributed by atoms with Gasteiger partial charge in [-0.3, -0.25) is 0 Å². The minimum absolute atomic E-state index is 0.0133. The van der Waals surface area contributed by atoms with Crippen LogP contribution in [0.3, 0.4) is 0 Å². The van der Waals surface area contributed by atoms with Gasteiger partial charge in [-0.05, 0) is 109 Å². The van der Waals surface area contributed by atoms with E-state index in [0.717, 1.165) is 76.9 Å². The molecule has 3 atom stereocenters. The first kappa shape index (κ1) is 32.0. The first-order valence-corrected chi connectivity index (χ1v) is 16.1. The van der Waals surface area contributed by atoms with Crippen LogP contribution in [-0.4, -0.2) is 111 Å². The van der Waals surface area contributed by atoms with Crippen molar-refractivity contribution in [2.24, 2.45) is 11.8 Å². The molecule has 1 N–H and O–H groups in total. The number of piperidine rings is 1. The van der Waals surface area contributed by atoms with Gasteiger partial charge in [0.25, 0.3) is 0 Å². The first-order valence-electron chi connectivity index (χ1n) is 16.1. The molecule has 0 bridgehead atoms. The van der Waals surface area contributed by atoms with Crippen LogP contribution in [0, 0.1) is 17.7 Å². The Balaban J connectivity index is 1.35. The Labute approximate surface area is 256 Å². The predicted octanol–water partition coefficient (Wildman–Crippen LogP) is 4.64. The number of rotatable bonds is 9. The third-order valence-corrected chi connectivity index (χ3v) is 10.3. The second-order valence-electron chi connectivity index (χ2n) is 14.2. The highest BCUT2D eigenvalue weighted by molar-refractivity contribution is 5.69. The van der Waals surface area contributed by atoms with Crippen molar-refractivity contribution >= 4 is 12.2 Å². The lowest BCUT2D eigenvalue weighted by Gasteiger charge is -2.55. The number of alkyl carbamates (subject to hydrolysis) is 1. The van der Waals surface area contributed by atoms with Gasteiger partial charge in [0.15, 0.2) is 0 Å². The lowest BCUT2D eigenvalue weighted by atomic mass is 9.57. The van der Waals surface area contributed by atoms with Crippen LogP contribution < -0.4 is 5.32 Å². The van der Waals surface area contributed by atoms with E-state index in [2.05, 4.69) is 21.2 Å². The summed E-state index contributed by atoms with van der Waals surface area (Å²) >= 11 is 0. The van der Waals surface area contributed by atoms with Crippen molar-refractivity contribution in [1.82, 2.24) is 20.0 Å². The lowest BCUT2D eigenvalue weighted by Crippen LogP contribution is -2.69. The van der Waals surface area contributed by atoms with E-state index in [1.807, 2.05) is 26.8 Å². The van der Waals surface area contributed by atoms with Crippen LogP contribution >= 0.6 is 0 Å². The Morgan fingerprint density at radius 2 is 1.72 bits per heavy atom. The lowest BCUT2D eigenvalue weighted by molar-refractivity contribution is -0.137. The van der Waals surface area contributed by atoms with Crippen molar-refractivity contribution < 1.29 is 28.2 Å². The van der Waals surface area contributed by atoms with Gasteiger partial charge in [0, 0.05) is 31.7 Å². The van der Waals surface area contributed by atoms with E-state index in [9.17, 15) is 14.0 Å². The van der Waals surface area contributed by atoms with Crippen molar-refractivity contribution in [3.63, 3.8) is 0 Å². The number of hydrogen-bond acceptors (Lipinski definition) is 7. The van der Waals surface area contributed by atoms with Gasteiger partial charge in [-0.1, -0.05) is 18.6 Å². The average molecular weight is 603 g/mol. The molecule has 0 spiro atoms. The van der Waals surface area contributed by atoms with Crippen LogP contribution in [0.4, 0.5) is 14.0 Å². The molecule has 0 radical (unpaired) electrons. The van der Waals surface area contributed by atoms with Gasteiger partial charge < -0.3 is 34.2 Å². The van der Waals surface area contributed by atoms with Gasteiger partial charge in [-0.2, -0.15) is 0 Å². The number of likely N-dealkylation sites (tertiary alicyclic amines) is 3. The molecular weight excluding hydrogens is 551 g/mol. The maximum absolute atomic E-state index is 14.9. The van der Waals surface area contributed by atoms with Crippen molar-refractivity contribution in [3.8, 4) is 0 Å². The fourth-order valence-corrected chi connectivity index (χ4v) is 8.15. The Morgan fingerprint density at radius 1 is 1.00 bits per heavy atom. The second kappa shape index (κ2) is 12.9. The molecule has 1 aromatic carbocycles. The monoisotopic (exact) mass is 602 g/mol. The molecule has 1 aromatic rings. The number of nitrogens with zero attached hydrogens (tertiary/aromatic N) is 3. The molecular formula is C33H51FN4O5. The van der Waals surface area contributed by atoms with Crippen molar-refractivity contribution in [3.05, 3.63) is 35.6 Å². The summed E-state index contributed by atoms with van der Waals surface area (Å²) in [5.41, 5.74) is -0.164. The van der Waals surface area contributed by atoms with Crippen LogP contribution in [0.15, 0.2) is 24.3 Å². The summed E-state index contributed by atoms with van der Waals surface area (Å²) in [4.78, 5) is 31.7. The van der Waals surface area contributed by atoms with Crippen LogP contribution in [0.1, 0.15) is 64.9 Å². The number of carbonyl (C=O) groups excluding carboxylic acids is 2. The van der Waals surface area contributed by atoms with Crippen molar-refractivity contribution in [1.29, 1.82) is 0 Å². The second-order valence-corrected chi connectivity index (χ2v) is 14.2. The molecule has 5 rings (SSSR count). The summed E-state index contributed by atoms with van der Waals surface area (Å²) in [5, 5.41) is 3.16. The number of carbonyl (C=O) groups is 2. The van der Waals surface area contributed by atoms with Crippen LogP contribution in [0.5, 0.6) is 0 Å². The highest BCUT2D eigenvalue weighted by atomic mass is 19.1. The molecule has 2 amide bonds. The van der Waals surface area contributed by atoms with Gasteiger partial charge in [0.1, 0.15) is 17.0 Å². The molecule has 240 valence electrons. The zero-order valence-corrected chi connectivity index (χ0v) is 26.7. The number of benzene rings is 1. The van der Waals surface area contributed by atoms with E-state index in [-0.39, 0.29) is 29.3 Å². The third kappa shape index (κ3) is 6.96. The van der Waals surface area contributed by atoms with Gasteiger partial charge in [-0.15, -0.1) is 0 Å². The van der Waals surface area contributed by atoms with Gasteiger partial charge in [-0.25, -0.2) is 14.0 Å². The molecule has 10 heteroatoms. The van der Waals surface area contributed by atoms with Crippen molar-refractivity contribution in [2.75, 3.05) is 66.6 Å². The normalized spacial score (nSPS) is 26.2. The van der Waals surface area contributed by atoms with Crippen LogP contribution in [0.25, 0.3) is 0 Å². The maximum Gasteiger partial charge on any atom is 0.410 e. The molecule has 9 nitrogen and oxygen atoms in total. The van der Waals surface area contributed by atoms with E-state index < -0.39 is 17.3 Å². The number of halogens is 1. The van der Waals surface area contributed by atoms with Crippen molar-refractivity contribution in [2.45, 2.75) is 82.0 Å². The minimum Gasteiger partial charge on any atom is -0.453 e. The molecule has 3 saturated heterocycles. The highest BCUT2D eigenvalue weighted by Crippen LogP contribution is 2.51. The smallest absolute Gasteiger partial charge is 0.410 e. The Morgan fingerprint density at radius 3 is 2.30 bits per heavy atom. The molecule has 0 aromatic heterocycles. The highest BCUT2D eigenvalue weighted by Gasteiger charge is 2.54. The predicted molar refractivity (Wildman–Crippen MR) is 163 cm³/mol. The van der Waals surface area contributed by atoms with Crippen LogP contribution in [0.2, 0.25) is 0 Å². The zero-order chi connectivity index (χ0) is 30.8. The fraction of sp³-hybridized carbons (Fsp3) is 0.758. The fourth-order valence-electron chi connectivity index (χ4n) is 8.15. The van der Waals surface area contributed by atoms with Gasteiger partial charge >= 0.3 is 12.2 Å². The number of ether oxygens (including phenoxy) is 3. The minimum atomic E-state index is -0.529. The summed E-state index contributed by atoms with van der Waals surface area (Å²) < 4.78 is 31.5. The summed E-state index contributed by atoms with van der Waals surface area (Å²) in [7, 11) is 3.15. The Bertz CT molecular complexity index is 1130. The van der Waals surface area contributed by atoms with E-state index in [0.29, 0.717) is 19.0 Å². The Hall–Kier alpha value is -2.43. The zero-order valence-electron chi connectivity index (χ0n) is 26.7. The summed E-state index contributed by atoms with van der Waals surface area (Å²) in [5.74, 6) is 0.305. The topological polar surface area (TPSA) is 83.6 Å². The number of nitrogens with one attached hydrogen (secondary N) is 1. The SMILES string of the molecule is COC(=O)N[C@H]1CCC[C@@H]1[C@](CN1CCC1)(c1cccc(F)c1)C1CCN(CC2(OC)CN(C(=O)OC(C)(C)C)C2)CC1. The third-order valence-electron chi connectivity index (χ3n) is 10.3. The molecule has 0 unspecified atom stereocenters. The standard InChI is InChI=1S/C33H51FN4O5/c1-31(2,3)43-30(40)38-21-32(22-38,42-5)20-37-17-13-24(14-18-37)33(23-36-15-8-16-36,25-9-6-10-26(34)19-25)27-11-7-12-28(27)35-29(39)41-4/h6,9-10,19,24,27-28H,7-8,11-18,20-23H2,1-5H3,(H,35,39)/t27-,28-,33-/m0/s1. The van der Waals surface area contributed by atoms with Crippen LogP contribution in [-0.2, 0) is 19.6 Å². The van der Waals surface area contributed by atoms with Gasteiger partial charge in [0.2, 0.25) is 0 Å². The van der Waals surface area contributed by atoms with Gasteiger partial charge in [0.05, 0.1) is 20.2 Å². The van der Waals surface area contributed by atoms with E-state index in [1.165, 1.54) is 19.6 Å². The van der Waals surface area contributed by atoms with E-state index in [1.54, 1.807) is 18.1 Å². The molecule has 43 heavy (non-hydrogen) atoms. The average Bonchev–Trinajstić information content (AvgIpc) is 3.38. The summed E-state index contributed by atoms with van der Waals surface area (Å²) in [6.07, 6.45) is 5.37. The molecule has 4 aliphatic rings. The molecule has 4 fully saturated rings. The molecule has 3 heterocycles. The molecule has 1 saturated carbocycles. The van der Waals surface area contributed by atoms with E-state index >= 15 is 0 Å². The number of amides is 2. The molecule has 1 aliphatic carbocycles. The summed E-state index contributed by atoms with van der Waals surface area (Å²) in [6, 6.07) is 7.22. The molecule has 3 aliphatic heterocycles. The Kier molecular flexibility index (Phi) is 9.59. The quantitative estimate of drug-likeness (QED) is 0.441. The largest absolute Gasteiger partial charge is 0.453 e. The first-order chi connectivity index (χ1) is 20.5. The van der Waals surface area contributed by atoms with E-state index in [4.69, 9.17) is 14.2 Å².